The third-order valence-corrected chi connectivity index (χ3v) is 2.99. The number of aryl methyl sites for hydroxylation is 1. The minimum Gasteiger partial charge on any atom is -0.478 e. The molecule has 0 aliphatic heterocycles. The van der Waals surface area contributed by atoms with Crippen molar-refractivity contribution >= 4 is 23.0 Å². The minimum absolute atomic E-state index is 0.0495. The van der Waals surface area contributed by atoms with Gasteiger partial charge in [0.15, 0.2) is 0 Å². The first-order valence-electron chi connectivity index (χ1n) is 6.02. The van der Waals surface area contributed by atoms with E-state index < -0.39 is 11.8 Å². The number of nitrogens with two attached hydrogens (primary N) is 1. The average molecular weight is 285 g/mol. The van der Waals surface area contributed by atoms with Gasteiger partial charge >= 0.3 is 5.97 Å². The zero-order valence-electron chi connectivity index (χ0n) is 11.1. The lowest BCUT2D eigenvalue weighted by Crippen LogP contribution is -2.06. The predicted octanol–water partition coefficient (Wildman–Crippen LogP) is 3.03. The van der Waals surface area contributed by atoms with Gasteiger partial charge in [0.05, 0.1) is 22.9 Å². The molecule has 4 N–H and O–H groups in total. The number of nitrogen functional groups attached to an aromatic ring is 1. The lowest BCUT2D eigenvalue weighted by molar-refractivity contribution is 0.0698. The second kappa shape index (κ2) is 5.51. The monoisotopic (exact) mass is 285 g/mol. The maximum Gasteiger partial charge on any atom is 0.337 e. The zero-order chi connectivity index (χ0) is 15.6. The SMILES string of the molecule is Cc1cc(Nc2ccc(C#N)cc2F)cc(C(=O)O)c1N. The number of rotatable bonds is 3. The van der Waals surface area contributed by atoms with Gasteiger partial charge < -0.3 is 16.2 Å². The molecule has 2 aromatic carbocycles. The summed E-state index contributed by atoms with van der Waals surface area (Å²) in [6.45, 7) is 1.67. The number of carboxylic acid groups (broad SMARTS) is 1. The third-order valence-electron chi connectivity index (χ3n) is 2.99. The smallest absolute Gasteiger partial charge is 0.337 e. The van der Waals surface area contributed by atoms with Crippen molar-refractivity contribution in [2.45, 2.75) is 6.92 Å². The fourth-order valence-corrected chi connectivity index (χ4v) is 1.89. The number of aromatic carboxylic acids is 1. The summed E-state index contributed by atoms with van der Waals surface area (Å²) in [6.07, 6.45) is 0. The van der Waals surface area contributed by atoms with Crippen LogP contribution in [0.4, 0.5) is 21.5 Å². The summed E-state index contributed by atoms with van der Waals surface area (Å²) in [6, 6.07) is 8.78. The molecule has 0 radical (unpaired) electrons. The molecule has 106 valence electrons. The minimum atomic E-state index is -1.15. The van der Waals surface area contributed by atoms with Crippen LogP contribution in [-0.2, 0) is 0 Å². The Morgan fingerprint density at radius 1 is 1.38 bits per heavy atom. The second-order valence-electron chi connectivity index (χ2n) is 4.49. The number of nitriles is 1. The fraction of sp³-hybridized carbons (Fsp3) is 0.0667. The van der Waals surface area contributed by atoms with Crippen molar-refractivity contribution in [3.05, 3.63) is 52.8 Å². The summed E-state index contributed by atoms with van der Waals surface area (Å²) in [7, 11) is 0. The van der Waals surface area contributed by atoms with E-state index >= 15 is 0 Å². The van der Waals surface area contributed by atoms with E-state index in [9.17, 15) is 9.18 Å². The highest BCUT2D eigenvalue weighted by Gasteiger charge is 2.12. The van der Waals surface area contributed by atoms with Gasteiger partial charge in [0.2, 0.25) is 0 Å². The van der Waals surface area contributed by atoms with E-state index in [0.29, 0.717) is 11.3 Å². The fourth-order valence-electron chi connectivity index (χ4n) is 1.89. The average Bonchev–Trinajstić information content (AvgIpc) is 2.44. The zero-order valence-corrected chi connectivity index (χ0v) is 11.1. The van der Waals surface area contributed by atoms with Crippen LogP contribution in [0.25, 0.3) is 0 Å². The summed E-state index contributed by atoms with van der Waals surface area (Å²) in [5, 5.41) is 20.6. The van der Waals surface area contributed by atoms with Crippen molar-refractivity contribution in [2.75, 3.05) is 11.1 Å². The maximum absolute atomic E-state index is 13.8. The van der Waals surface area contributed by atoms with Crippen LogP contribution in [0.3, 0.4) is 0 Å². The van der Waals surface area contributed by atoms with Gasteiger partial charge in [-0.25, -0.2) is 9.18 Å². The van der Waals surface area contributed by atoms with Crippen LogP contribution in [0.2, 0.25) is 0 Å². The van der Waals surface area contributed by atoms with E-state index in [4.69, 9.17) is 16.1 Å². The number of benzene rings is 2. The molecular weight excluding hydrogens is 273 g/mol. The molecule has 0 amide bonds. The van der Waals surface area contributed by atoms with Crippen LogP contribution < -0.4 is 11.1 Å². The second-order valence-corrected chi connectivity index (χ2v) is 4.49. The molecule has 0 fully saturated rings. The summed E-state index contributed by atoms with van der Waals surface area (Å²) < 4.78 is 13.8. The number of nitrogens with one attached hydrogen (secondary N) is 1. The van der Waals surface area contributed by atoms with E-state index in [1.54, 1.807) is 13.0 Å². The number of carboxylic acids is 1. The lowest BCUT2D eigenvalue weighted by Gasteiger charge is -2.12. The van der Waals surface area contributed by atoms with E-state index in [0.717, 1.165) is 6.07 Å². The molecule has 0 aromatic heterocycles. The lowest BCUT2D eigenvalue weighted by atomic mass is 10.1. The summed E-state index contributed by atoms with van der Waals surface area (Å²) in [5.74, 6) is -1.75. The number of hydrogen-bond donors (Lipinski definition) is 3. The van der Waals surface area contributed by atoms with Gasteiger partial charge in [0, 0.05) is 11.4 Å². The van der Waals surface area contributed by atoms with Gasteiger partial charge in [-0.1, -0.05) is 0 Å². The Bertz CT molecular complexity index is 766. The molecule has 0 bridgehead atoms. The Kier molecular flexibility index (Phi) is 3.76. The highest BCUT2D eigenvalue weighted by molar-refractivity contribution is 5.96. The van der Waals surface area contributed by atoms with E-state index in [1.165, 1.54) is 18.2 Å². The molecule has 6 heteroatoms. The molecule has 0 heterocycles. The molecule has 0 unspecified atom stereocenters. The Morgan fingerprint density at radius 3 is 2.67 bits per heavy atom. The quantitative estimate of drug-likeness (QED) is 0.753. The molecule has 0 aliphatic carbocycles. The Balaban J connectivity index is 2.41. The molecule has 0 spiro atoms. The van der Waals surface area contributed by atoms with Gasteiger partial charge in [-0.2, -0.15) is 5.26 Å². The summed E-state index contributed by atoms with van der Waals surface area (Å²) in [5.41, 5.74) is 7.15. The Morgan fingerprint density at radius 2 is 2.10 bits per heavy atom. The van der Waals surface area contributed by atoms with E-state index in [-0.39, 0.29) is 22.5 Å². The van der Waals surface area contributed by atoms with Gasteiger partial charge in [0.25, 0.3) is 0 Å². The van der Waals surface area contributed by atoms with Crippen LogP contribution in [-0.4, -0.2) is 11.1 Å². The van der Waals surface area contributed by atoms with Crippen molar-refractivity contribution < 1.29 is 14.3 Å². The summed E-state index contributed by atoms with van der Waals surface area (Å²) >= 11 is 0. The van der Waals surface area contributed by atoms with E-state index in [2.05, 4.69) is 5.32 Å². The first kappa shape index (κ1) is 14.3. The molecule has 0 aliphatic rings. The van der Waals surface area contributed by atoms with Crippen LogP contribution in [0.15, 0.2) is 30.3 Å². The van der Waals surface area contributed by atoms with Crippen molar-refractivity contribution in [3.63, 3.8) is 0 Å². The van der Waals surface area contributed by atoms with E-state index in [1.807, 2.05) is 6.07 Å². The highest BCUT2D eigenvalue weighted by Crippen LogP contribution is 2.26. The summed E-state index contributed by atoms with van der Waals surface area (Å²) in [4.78, 5) is 11.1. The van der Waals surface area contributed by atoms with Crippen LogP contribution >= 0.6 is 0 Å². The topological polar surface area (TPSA) is 99.1 Å². The van der Waals surface area contributed by atoms with Gasteiger partial charge in [-0.3, -0.25) is 0 Å². The molecule has 0 atom stereocenters. The van der Waals surface area contributed by atoms with Gasteiger partial charge in [0.1, 0.15) is 5.82 Å². The van der Waals surface area contributed by atoms with Crippen molar-refractivity contribution in [3.8, 4) is 6.07 Å². The maximum atomic E-state index is 13.8. The van der Waals surface area contributed by atoms with Crippen LogP contribution in [0, 0.1) is 24.1 Å². The standard InChI is InChI=1S/C15H12FN3O2/c1-8-4-10(6-11(14(8)18)15(20)21)19-13-3-2-9(7-17)5-12(13)16/h2-6,19H,18H2,1H3,(H,20,21). The normalized spacial score (nSPS) is 9.95. The first-order valence-corrected chi connectivity index (χ1v) is 6.02. The highest BCUT2D eigenvalue weighted by atomic mass is 19.1. The largest absolute Gasteiger partial charge is 0.478 e. The Labute approximate surface area is 120 Å². The molecular formula is C15H12FN3O2. The number of nitrogens with zero attached hydrogens (tertiary/aromatic N) is 1. The number of anilines is 3. The first-order chi connectivity index (χ1) is 9.92. The van der Waals surface area contributed by atoms with Crippen molar-refractivity contribution in [1.82, 2.24) is 0 Å². The van der Waals surface area contributed by atoms with Crippen molar-refractivity contribution in [2.24, 2.45) is 0 Å². The molecule has 5 nitrogen and oxygen atoms in total. The predicted molar refractivity (Wildman–Crippen MR) is 76.9 cm³/mol. The molecule has 21 heavy (non-hydrogen) atoms. The van der Waals surface area contributed by atoms with Gasteiger partial charge in [-0.15, -0.1) is 0 Å². The van der Waals surface area contributed by atoms with Crippen molar-refractivity contribution in [1.29, 1.82) is 5.26 Å². The number of carbonyl (C=O) groups is 1. The number of halogens is 1. The number of hydrogen-bond acceptors (Lipinski definition) is 4. The Hall–Kier alpha value is -3.07. The molecule has 2 rings (SSSR count). The third kappa shape index (κ3) is 2.92. The molecule has 0 saturated carbocycles. The van der Waals surface area contributed by atoms with Crippen LogP contribution in [0.1, 0.15) is 21.5 Å². The molecule has 0 saturated heterocycles. The van der Waals surface area contributed by atoms with Crippen LogP contribution in [0.5, 0.6) is 0 Å². The van der Waals surface area contributed by atoms with Gasteiger partial charge in [-0.05, 0) is 42.8 Å². The molecule has 2 aromatic rings.